The fraction of sp³-hybridized carbons (Fsp3) is 0.500. The van der Waals surface area contributed by atoms with Crippen molar-refractivity contribution in [2.75, 3.05) is 16.6 Å². The Balaban J connectivity index is 2.43. The molecule has 0 amide bonds. The van der Waals surface area contributed by atoms with Crippen LogP contribution in [0.1, 0.15) is 18.9 Å². The van der Waals surface area contributed by atoms with E-state index in [0.717, 1.165) is 17.7 Å². The number of fused-ring (bicyclic) bond motifs is 1. The second kappa shape index (κ2) is 4.66. The number of benzene rings is 1. The number of nitrogens with two attached hydrogens (primary N) is 1. The van der Waals surface area contributed by atoms with Crippen LogP contribution in [-0.2, 0) is 16.4 Å². The van der Waals surface area contributed by atoms with Gasteiger partial charge in [0.15, 0.2) is 0 Å². The minimum absolute atomic E-state index is 0.114. The van der Waals surface area contributed by atoms with Gasteiger partial charge in [-0.15, -0.1) is 0 Å². The Morgan fingerprint density at radius 3 is 2.82 bits per heavy atom. The fourth-order valence-electron chi connectivity index (χ4n) is 2.22. The predicted molar refractivity (Wildman–Crippen MR) is 69.5 cm³/mol. The van der Waals surface area contributed by atoms with Gasteiger partial charge in [0, 0.05) is 12.6 Å². The maximum atomic E-state index is 12.2. The van der Waals surface area contributed by atoms with Gasteiger partial charge in [-0.3, -0.25) is 4.31 Å². The van der Waals surface area contributed by atoms with Crippen molar-refractivity contribution >= 4 is 15.7 Å². The van der Waals surface area contributed by atoms with Crippen LogP contribution in [0.4, 0.5) is 5.69 Å². The molecule has 0 radical (unpaired) electrons. The van der Waals surface area contributed by atoms with Crippen LogP contribution in [0.2, 0.25) is 0 Å². The van der Waals surface area contributed by atoms with E-state index in [4.69, 9.17) is 5.73 Å². The highest BCUT2D eigenvalue weighted by Gasteiger charge is 2.29. The van der Waals surface area contributed by atoms with Crippen molar-refractivity contribution in [3.05, 3.63) is 29.8 Å². The van der Waals surface area contributed by atoms with Crippen molar-refractivity contribution < 1.29 is 8.42 Å². The van der Waals surface area contributed by atoms with Gasteiger partial charge in [-0.05, 0) is 24.5 Å². The van der Waals surface area contributed by atoms with Crippen molar-refractivity contribution in [2.24, 2.45) is 5.73 Å². The lowest BCUT2D eigenvalue weighted by atomic mass is 10.0. The maximum absolute atomic E-state index is 12.2. The zero-order valence-electron chi connectivity index (χ0n) is 9.96. The topological polar surface area (TPSA) is 63.4 Å². The van der Waals surface area contributed by atoms with Crippen LogP contribution in [0.25, 0.3) is 0 Å². The van der Waals surface area contributed by atoms with E-state index in [0.29, 0.717) is 13.0 Å². The summed E-state index contributed by atoms with van der Waals surface area (Å²) < 4.78 is 25.8. The molecule has 2 N–H and O–H groups in total. The highest BCUT2D eigenvalue weighted by molar-refractivity contribution is 7.92. The third-order valence-corrected chi connectivity index (χ3v) is 4.88. The summed E-state index contributed by atoms with van der Waals surface area (Å²) in [5.41, 5.74) is 7.74. The first-order chi connectivity index (χ1) is 8.04. The average Bonchev–Trinajstić information content (AvgIpc) is 2.27. The molecular formula is C12H18N2O2S. The molecule has 5 heteroatoms. The van der Waals surface area contributed by atoms with Crippen LogP contribution in [0.3, 0.4) is 0 Å². The van der Waals surface area contributed by atoms with E-state index >= 15 is 0 Å². The van der Waals surface area contributed by atoms with Gasteiger partial charge < -0.3 is 5.73 Å². The van der Waals surface area contributed by atoms with E-state index in [9.17, 15) is 8.42 Å². The van der Waals surface area contributed by atoms with Crippen LogP contribution >= 0.6 is 0 Å². The summed E-state index contributed by atoms with van der Waals surface area (Å²) in [6.07, 6.45) is 1.37. The first-order valence-electron chi connectivity index (χ1n) is 5.88. The molecule has 0 saturated heterocycles. The second-order valence-electron chi connectivity index (χ2n) is 4.44. The Morgan fingerprint density at radius 2 is 2.12 bits per heavy atom. The Bertz CT molecular complexity index is 499. The Morgan fingerprint density at radius 1 is 1.41 bits per heavy atom. The van der Waals surface area contributed by atoms with Crippen LogP contribution in [0.15, 0.2) is 24.3 Å². The highest BCUT2D eigenvalue weighted by Crippen LogP contribution is 2.28. The van der Waals surface area contributed by atoms with Gasteiger partial charge in [0.05, 0.1) is 11.4 Å². The summed E-state index contributed by atoms with van der Waals surface area (Å²) >= 11 is 0. The van der Waals surface area contributed by atoms with Gasteiger partial charge >= 0.3 is 0 Å². The van der Waals surface area contributed by atoms with E-state index in [2.05, 4.69) is 0 Å². The molecule has 0 bridgehead atoms. The second-order valence-corrected chi connectivity index (χ2v) is 6.45. The molecule has 1 unspecified atom stereocenters. The smallest absolute Gasteiger partial charge is 0.235 e. The number of hydrogen-bond donors (Lipinski definition) is 1. The van der Waals surface area contributed by atoms with E-state index in [1.807, 2.05) is 31.2 Å². The van der Waals surface area contributed by atoms with Crippen molar-refractivity contribution in [1.29, 1.82) is 0 Å². The summed E-state index contributed by atoms with van der Waals surface area (Å²) in [5, 5.41) is 0. The van der Waals surface area contributed by atoms with E-state index in [1.54, 1.807) is 0 Å². The fourth-order valence-corrected chi connectivity index (χ4v) is 3.85. The summed E-state index contributed by atoms with van der Waals surface area (Å²) in [7, 11) is -3.23. The van der Waals surface area contributed by atoms with E-state index in [-0.39, 0.29) is 11.8 Å². The van der Waals surface area contributed by atoms with Crippen LogP contribution in [0, 0.1) is 0 Å². The number of anilines is 1. The highest BCUT2D eigenvalue weighted by atomic mass is 32.2. The molecule has 94 valence electrons. The van der Waals surface area contributed by atoms with Crippen molar-refractivity contribution in [2.45, 2.75) is 25.8 Å². The molecule has 17 heavy (non-hydrogen) atoms. The van der Waals surface area contributed by atoms with Gasteiger partial charge in [0.1, 0.15) is 0 Å². The zero-order chi connectivity index (χ0) is 12.5. The van der Waals surface area contributed by atoms with Crippen molar-refractivity contribution in [1.82, 2.24) is 0 Å². The Hall–Kier alpha value is -1.07. The third-order valence-electron chi connectivity index (χ3n) is 2.94. The van der Waals surface area contributed by atoms with Gasteiger partial charge in [0.2, 0.25) is 10.0 Å². The number of rotatable bonds is 3. The monoisotopic (exact) mass is 254 g/mol. The molecule has 0 fully saturated rings. The lowest BCUT2D eigenvalue weighted by Gasteiger charge is -2.33. The molecule has 0 saturated carbocycles. The first-order valence-corrected chi connectivity index (χ1v) is 7.49. The van der Waals surface area contributed by atoms with Crippen molar-refractivity contribution in [3.8, 4) is 0 Å². The average molecular weight is 254 g/mol. The largest absolute Gasteiger partial charge is 0.326 e. The third kappa shape index (κ3) is 2.45. The Labute approximate surface area is 102 Å². The number of nitrogens with zero attached hydrogens (tertiary/aromatic N) is 1. The lowest BCUT2D eigenvalue weighted by molar-refractivity contribution is 0.574. The van der Waals surface area contributed by atoms with E-state index < -0.39 is 10.0 Å². The number of para-hydroxylation sites is 1. The molecule has 2 rings (SSSR count). The molecular weight excluding hydrogens is 236 g/mol. The molecule has 1 atom stereocenters. The lowest BCUT2D eigenvalue weighted by Crippen LogP contribution is -2.46. The molecule has 1 aliphatic heterocycles. The molecule has 1 aromatic carbocycles. The minimum Gasteiger partial charge on any atom is -0.326 e. The molecule has 0 aliphatic carbocycles. The quantitative estimate of drug-likeness (QED) is 0.879. The normalized spacial score (nSPS) is 20.1. The summed E-state index contributed by atoms with van der Waals surface area (Å²) in [5.74, 6) is 0.175. The SMILES string of the molecule is CCCS(=O)(=O)N1CC(N)Cc2ccccc21. The summed E-state index contributed by atoms with van der Waals surface area (Å²) in [6.45, 7) is 2.26. The minimum atomic E-state index is -3.23. The summed E-state index contributed by atoms with van der Waals surface area (Å²) in [6, 6.07) is 7.47. The standard InChI is InChI=1S/C12H18N2O2S/c1-2-7-17(15,16)14-9-11(13)8-10-5-3-4-6-12(10)14/h3-6,11H,2,7-9,13H2,1H3. The molecule has 1 heterocycles. The Kier molecular flexibility index (Phi) is 3.40. The maximum Gasteiger partial charge on any atom is 0.235 e. The molecule has 4 nitrogen and oxygen atoms in total. The zero-order valence-corrected chi connectivity index (χ0v) is 10.8. The van der Waals surface area contributed by atoms with Gasteiger partial charge in [-0.2, -0.15) is 0 Å². The van der Waals surface area contributed by atoms with E-state index in [1.165, 1.54) is 4.31 Å². The predicted octanol–water partition coefficient (Wildman–Crippen LogP) is 1.12. The number of hydrogen-bond acceptors (Lipinski definition) is 3. The van der Waals surface area contributed by atoms with Gasteiger partial charge in [0.25, 0.3) is 0 Å². The van der Waals surface area contributed by atoms with Gasteiger partial charge in [-0.25, -0.2) is 8.42 Å². The molecule has 0 spiro atoms. The summed E-state index contributed by atoms with van der Waals surface area (Å²) in [4.78, 5) is 0. The molecule has 0 aromatic heterocycles. The van der Waals surface area contributed by atoms with Crippen LogP contribution in [0.5, 0.6) is 0 Å². The molecule has 1 aliphatic rings. The molecule has 1 aromatic rings. The number of sulfonamides is 1. The van der Waals surface area contributed by atoms with Crippen LogP contribution < -0.4 is 10.0 Å². The first kappa shape index (κ1) is 12.4. The van der Waals surface area contributed by atoms with Crippen LogP contribution in [-0.4, -0.2) is 26.8 Å². The van der Waals surface area contributed by atoms with Crippen molar-refractivity contribution in [3.63, 3.8) is 0 Å². The van der Waals surface area contributed by atoms with Gasteiger partial charge in [-0.1, -0.05) is 25.1 Å².